The maximum atomic E-state index is 5.37. The lowest BCUT2D eigenvalue weighted by Gasteiger charge is -2.16. The highest BCUT2D eigenvalue weighted by Crippen LogP contribution is 2.37. The van der Waals surface area contributed by atoms with Crippen molar-refractivity contribution in [1.29, 1.82) is 0 Å². The zero-order valence-corrected chi connectivity index (χ0v) is 26.0. The summed E-state index contributed by atoms with van der Waals surface area (Å²) in [4.78, 5) is 25.4. The minimum Gasteiger partial charge on any atom is -0.243 e. The van der Waals surface area contributed by atoms with E-state index in [-0.39, 0.29) is 0 Å². The van der Waals surface area contributed by atoms with Gasteiger partial charge in [0.1, 0.15) is 0 Å². The van der Waals surface area contributed by atoms with Gasteiger partial charge in [-0.1, -0.05) is 176 Å². The Morgan fingerprint density at radius 2 is 0.396 bits per heavy atom. The molecular formula is C43H29N5. The highest BCUT2D eigenvalue weighted by Gasteiger charge is 2.20. The molecule has 0 spiro atoms. The minimum atomic E-state index is 0.605. The molecule has 48 heavy (non-hydrogen) atoms. The minimum absolute atomic E-state index is 0.605. The highest BCUT2D eigenvalue weighted by molar-refractivity contribution is 5.86. The first-order chi connectivity index (χ1) is 23.8. The van der Waals surface area contributed by atoms with Crippen LogP contribution in [0.1, 0.15) is 0 Å². The van der Waals surface area contributed by atoms with E-state index in [9.17, 15) is 0 Å². The van der Waals surface area contributed by atoms with Gasteiger partial charge in [-0.2, -0.15) is 0 Å². The Kier molecular flexibility index (Phi) is 7.83. The van der Waals surface area contributed by atoms with Crippen LogP contribution in [0, 0.1) is 0 Å². The SMILES string of the molecule is c1ccc(-c2nc(-c3ccccc3)nc(-c3ccc(-c4nc(-c5ccccc5)c(-c5ccccc5)nc4-c4ccccc4)cc3)n2)cc1. The van der Waals surface area contributed by atoms with Gasteiger partial charge in [0, 0.05) is 38.9 Å². The van der Waals surface area contributed by atoms with Crippen LogP contribution in [0.4, 0.5) is 0 Å². The zero-order chi connectivity index (χ0) is 32.1. The summed E-state index contributed by atoms with van der Waals surface area (Å²) in [6, 6.07) is 59.1. The molecule has 226 valence electrons. The summed E-state index contributed by atoms with van der Waals surface area (Å²) in [7, 11) is 0. The largest absolute Gasteiger partial charge is 0.243 e. The topological polar surface area (TPSA) is 64.5 Å². The first-order valence-corrected chi connectivity index (χ1v) is 15.9. The van der Waals surface area contributed by atoms with Crippen molar-refractivity contribution >= 4 is 0 Å². The summed E-state index contributed by atoms with van der Waals surface area (Å²) < 4.78 is 0. The molecule has 0 fully saturated rings. The van der Waals surface area contributed by atoms with E-state index in [1.54, 1.807) is 0 Å². The van der Waals surface area contributed by atoms with E-state index in [0.717, 1.165) is 61.7 Å². The molecule has 0 atom stereocenters. The van der Waals surface area contributed by atoms with Crippen molar-refractivity contribution in [2.24, 2.45) is 0 Å². The molecule has 0 unspecified atom stereocenters. The van der Waals surface area contributed by atoms with E-state index < -0.39 is 0 Å². The Labute approximate surface area is 279 Å². The van der Waals surface area contributed by atoms with E-state index in [0.29, 0.717) is 17.5 Å². The van der Waals surface area contributed by atoms with E-state index in [1.807, 2.05) is 115 Å². The fourth-order valence-corrected chi connectivity index (χ4v) is 5.74. The van der Waals surface area contributed by atoms with Crippen molar-refractivity contribution in [2.45, 2.75) is 0 Å². The maximum Gasteiger partial charge on any atom is 0.164 e. The standard InChI is InChI=1S/C43H29N5/c1-6-16-30(17-7-1)37-38(31-18-8-2-9-19-31)45-40(39(44-37)32-20-10-3-11-21-32)33-26-28-36(29-27-33)43-47-41(34-22-12-4-13-23-34)46-42(48-43)35-24-14-5-15-25-35/h1-29H. The molecule has 0 saturated heterocycles. The van der Waals surface area contributed by atoms with Gasteiger partial charge >= 0.3 is 0 Å². The molecule has 2 heterocycles. The van der Waals surface area contributed by atoms with Crippen LogP contribution >= 0.6 is 0 Å². The summed E-state index contributed by atoms with van der Waals surface area (Å²) in [6.07, 6.45) is 0. The van der Waals surface area contributed by atoms with Gasteiger partial charge in [0.05, 0.1) is 22.8 Å². The third-order valence-electron chi connectivity index (χ3n) is 8.15. The van der Waals surface area contributed by atoms with Crippen LogP contribution in [-0.2, 0) is 0 Å². The highest BCUT2D eigenvalue weighted by atomic mass is 15.0. The van der Waals surface area contributed by atoms with Crippen LogP contribution in [-0.4, -0.2) is 24.9 Å². The Morgan fingerprint density at radius 1 is 0.188 bits per heavy atom. The average Bonchev–Trinajstić information content (AvgIpc) is 3.19. The van der Waals surface area contributed by atoms with Gasteiger partial charge in [0.25, 0.3) is 0 Å². The number of hydrogen-bond donors (Lipinski definition) is 0. The Balaban J connectivity index is 1.28. The summed E-state index contributed by atoms with van der Waals surface area (Å²) >= 11 is 0. The predicted molar refractivity (Wildman–Crippen MR) is 193 cm³/mol. The van der Waals surface area contributed by atoms with Gasteiger partial charge in [-0.15, -0.1) is 0 Å². The van der Waals surface area contributed by atoms with Crippen LogP contribution in [0.5, 0.6) is 0 Å². The number of rotatable bonds is 7. The predicted octanol–water partition coefficient (Wildman–Crippen LogP) is 10.3. The monoisotopic (exact) mass is 615 g/mol. The molecule has 5 heteroatoms. The Morgan fingerprint density at radius 3 is 0.688 bits per heavy atom. The summed E-state index contributed by atoms with van der Waals surface area (Å²) in [5.41, 5.74) is 10.0. The normalized spacial score (nSPS) is 10.9. The third kappa shape index (κ3) is 5.88. The van der Waals surface area contributed by atoms with Gasteiger partial charge < -0.3 is 0 Å². The van der Waals surface area contributed by atoms with Crippen LogP contribution < -0.4 is 0 Å². The molecule has 0 aliphatic carbocycles. The quantitative estimate of drug-likeness (QED) is 0.178. The smallest absolute Gasteiger partial charge is 0.164 e. The third-order valence-corrected chi connectivity index (χ3v) is 8.15. The van der Waals surface area contributed by atoms with Crippen molar-refractivity contribution in [3.8, 4) is 79.2 Å². The first-order valence-electron chi connectivity index (χ1n) is 15.9. The van der Waals surface area contributed by atoms with E-state index in [2.05, 4.69) is 60.7 Å². The average molecular weight is 616 g/mol. The number of benzene rings is 6. The van der Waals surface area contributed by atoms with Gasteiger partial charge in [-0.3, -0.25) is 0 Å². The number of nitrogens with zero attached hydrogens (tertiary/aromatic N) is 5. The summed E-state index contributed by atoms with van der Waals surface area (Å²) in [5, 5.41) is 0. The van der Waals surface area contributed by atoms with E-state index in [4.69, 9.17) is 24.9 Å². The molecule has 6 aromatic carbocycles. The second-order valence-corrected chi connectivity index (χ2v) is 11.3. The van der Waals surface area contributed by atoms with Gasteiger partial charge in [-0.25, -0.2) is 24.9 Å². The van der Waals surface area contributed by atoms with Gasteiger partial charge in [0.15, 0.2) is 17.5 Å². The van der Waals surface area contributed by atoms with Crippen molar-refractivity contribution in [3.63, 3.8) is 0 Å². The molecule has 0 aliphatic rings. The first kappa shape index (κ1) is 28.9. The Hall–Kier alpha value is -6.59. The van der Waals surface area contributed by atoms with Crippen LogP contribution in [0.2, 0.25) is 0 Å². The molecule has 0 radical (unpaired) electrons. The summed E-state index contributed by atoms with van der Waals surface area (Å²) in [6.45, 7) is 0. The summed E-state index contributed by atoms with van der Waals surface area (Å²) in [5.74, 6) is 1.86. The number of hydrogen-bond acceptors (Lipinski definition) is 5. The molecule has 8 aromatic rings. The second-order valence-electron chi connectivity index (χ2n) is 11.3. The molecule has 0 aliphatic heterocycles. The van der Waals surface area contributed by atoms with Crippen LogP contribution in [0.15, 0.2) is 176 Å². The zero-order valence-electron chi connectivity index (χ0n) is 26.0. The Bertz CT molecular complexity index is 2240. The molecule has 8 rings (SSSR count). The lowest BCUT2D eigenvalue weighted by atomic mass is 9.99. The number of aromatic nitrogens is 5. The molecule has 0 N–H and O–H groups in total. The van der Waals surface area contributed by atoms with Crippen molar-refractivity contribution in [1.82, 2.24) is 24.9 Å². The van der Waals surface area contributed by atoms with Crippen molar-refractivity contribution in [3.05, 3.63) is 176 Å². The van der Waals surface area contributed by atoms with Crippen LogP contribution in [0.3, 0.4) is 0 Å². The van der Waals surface area contributed by atoms with Gasteiger partial charge in [0.2, 0.25) is 0 Å². The van der Waals surface area contributed by atoms with Crippen molar-refractivity contribution in [2.75, 3.05) is 0 Å². The lowest BCUT2D eigenvalue weighted by molar-refractivity contribution is 1.07. The molecule has 0 saturated carbocycles. The molecule has 5 nitrogen and oxygen atoms in total. The molecular weight excluding hydrogens is 587 g/mol. The van der Waals surface area contributed by atoms with Crippen molar-refractivity contribution < 1.29 is 0 Å². The lowest BCUT2D eigenvalue weighted by Crippen LogP contribution is -2.01. The fraction of sp³-hybridized carbons (Fsp3) is 0. The molecule has 2 aromatic heterocycles. The molecule has 0 bridgehead atoms. The van der Waals surface area contributed by atoms with Crippen LogP contribution in [0.25, 0.3) is 79.2 Å². The van der Waals surface area contributed by atoms with E-state index >= 15 is 0 Å². The second kappa shape index (κ2) is 13.0. The maximum absolute atomic E-state index is 5.37. The fourth-order valence-electron chi connectivity index (χ4n) is 5.74. The molecule has 0 amide bonds. The van der Waals surface area contributed by atoms with E-state index in [1.165, 1.54) is 0 Å². The van der Waals surface area contributed by atoms with Gasteiger partial charge in [-0.05, 0) is 0 Å².